The third kappa shape index (κ3) is 4.36. The third-order valence-corrected chi connectivity index (χ3v) is 5.05. The number of methoxy groups -OCH3 is 1. The van der Waals surface area contributed by atoms with Gasteiger partial charge < -0.3 is 14.5 Å². The summed E-state index contributed by atoms with van der Waals surface area (Å²) in [6, 6.07) is 16.3. The molecule has 1 heterocycles. The lowest BCUT2D eigenvalue weighted by Gasteiger charge is -2.12. The molecule has 0 atom stereocenters. The molecule has 0 aliphatic rings. The summed E-state index contributed by atoms with van der Waals surface area (Å²) in [5.41, 5.74) is 2.75. The second kappa shape index (κ2) is 8.67. The Hall–Kier alpha value is -3.19. The molecule has 0 fully saturated rings. The second-order valence-electron chi connectivity index (χ2n) is 6.53. The Morgan fingerprint density at radius 2 is 1.70 bits per heavy atom. The Kier molecular flexibility index (Phi) is 5.81. The van der Waals surface area contributed by atoms with Crippen LogP contribution in [0.3, 0.4) is 0 Å². The molecule has 1 aromatic heterocycles. The molecule has 0 amide bonds. The van der Waals surface area contributed by atoms with E-state index in [1.54, 1.807) is 49.7 Å². The molecule has 0 aliphatic heterocycles. The lowest BCUT2D eigenvalue weighted by molar-refractivity contribution is 0.280. The van der Waals surface area contributed by atoms with Gasteiger partial charge in [0, 0.05) is 27.4 Å². The van der Waals surface area contributed by atoms with E-state index in [4.69, 9.17) is 9.47 Å². The monoisotopic (exact) mass is 470 g/mol. The van der Waals surface area contributed by atoms with Crippen molar-refractivity contribution in [3.05, 3.63) is 88.5 Å². The van der Waals surface area contributed by atoms with Gasteiger partial charge >= 0.3 is 0 Å². The summed E-state index contributed by atoms with van der Waals surface area (Å²) in [7, 11) is 1.54. The van der Waals surface area contributed by atoms with Gasteiger partial charge in [-0.15, -0.1) is 0 Å². The van der Waals surface area contributed by atoms with Crippen LogP contribution in [0.1, 0.15) is 5.56 Å². The summed E-state index contributed by atoms with van der Waals surface area (Å²) in [4.78, 5) is 7.67. The SMILES string of the molecule is COc1cc(-c2c[nH]c(-c3ccc(F)cc3)n2)ccc1OCc1ccc(Br)cc1F. The fraction of sp³-hybridized carbons (Fsp3) is 0.0870. The Balaban J connectivity index is 1.54. The molecule has 4 aromatic rings. The standard InChI is InChI=1S/C23H17BrF2N2O2/c1-29-22-10-15(20-12-27-23(28-20)14-3-7-18(25)8-4-14)5-9-21(22)30-13-16-2-6-17(24)11-19(16)26/h2-12H,13H2,1H3,(H,27,28). The molecule has 0 saturated heterocycles. The van der Waals surface area contributed by atoms with Gasteiger partial charge in [-0.2, -0.15) is 0 Å². The number of imidazole rings is 1. The van der Waals surface area contributed by atoms with E-state index >= 15 is 0 Å². The quantitative estimate of drug-likeness (QED) is 0.356. The number of aromatic nitrogens is 2. The fourth-order valence-corrected chi connectivity index (χ4v) is 3.30. The molecule has 0 spiro atoms. The van der Waals surface area contributed by atoms with Crippen molar-refractivity contribution in [1.29, 1.82) is 0 Å². The highest BCUT2D eigenvalue weighted by molar-refractivity contribution is 9.10. The van der Waals surface area contributed by atoms with E-state index in [-0.39, 0.29) is 18.2 Å². The van der Waals surface area contributed by atoms with Crippen molar-refractivity contribution in [2.75, 3.05) is 7.11 Å². The number of hydrogen-bond donors (Lipinski definition) is 1. The number of ether oxygens (including phenoxy) is 2. The Morgan fingerprint density at radius 3 is 2.43 bits per heavy atom. The van der Waals surface area contributed by atoms with Crippen molar-refractivity contribution in [3.63, 3.8) is 0 Å². The predicted octanol–water partition coefficient (Wildman–Crippen LogP) is 6.37. The maximum Gasteiger partial charge on any atom is 0.161 e. The average molecular weight is 471 g/mol. The third-order valence-electron chi connectivity index (χ3n) is 4.55. The van der Waals surface area contributed by atoms with Crippen molar-refractivity contribution in [3.8, 4) is 34.1 Å². The summed E-state index contributed by atoms with van der Waals surface area (Å²) in [6.07, 6.45) is 1.77. The van der Waals surface area contributed by atoms with Gasteiger partial charge in [0.1, 0.15) is 24.1 Å². The highest BCUT2D eigenvalue weighted by atomic mass is 79.9. The molecule has 1 N–H and O–H groups in total. The zero-order valence-electron chi connectivity index (χ0n) is 16.0. The molecule has 30 heavy (non-hydrogen) atoms. The number of nitrogens with one attached hydrogen (secondary N) is 1. The Labute approximate surface area is 180 Å². The van der Waals surface area contributed by atoms with Gasteiger partial charge in [0.15, 0.2) is 11.5 Å². The average Bonchev–Trinajstić information content (AvgIpc) is 3.24. The summed E-state index contributed by atoms with van der Waals surface area (Å²) in [6.45, 7) is 0.0753. The minimum absolute atomic E-state index is 0.0753. The molecule has 0 unspecified atom stereocenters. The summed E-state index contributed by atoms with van der Waals surface area (Å²) in [5.74, 6) is 1.00. The first-order chi connectivity index (χ1) is 14.5. The van der Waals surface area contributed by atoms with E-state index in [0.29, 0.717) is 33.1 Å². The van der Waals surface area contributed by atoms with Crippen LogP contribution < -0.4 is 9.47 Å². The van der Waals surface area contributed by atoms with Gasteiger partial charge in [-0.3, -0.25) is 0 Å². The Bertz CT molecular complexity index is 1180. The molecular formula is C23H17BrF2N2O2. The van der Waals surface area contributed by atoms with Crippen LogP contribution in [0.5, 0.6) is 11.5 Å². The highest BCUT2D eigenvalue weighted by Crippen LogP contribution is 2.33. The molecule has 4 rings (SSSR count). The first kappa shape index (κ1) is 20.1. The van der Waals surface area contributed by atoms with Gasteiger partial charge in [0.25, 0.3) is 0 Å². The van der Waals surface area contributed by atoms with Gasteiger partial charge in [-0.05, 0) is 54.6 Å². The molecule has 3 aromatic carbocycles. The number of hydrogen-bond acceptors (Lipinski definition) is 3. The number of aromatic amines is 1. The second-order valence-corrected chi connectivity index (χ2v) is 7.45. The van der Waals surface area contributed by atoms with Crippen LogP contribution in [0.15, 0.2) is 71.3 Å². The van der Waals surface area contributed by atoms with Crippen LogP contribution in [0.2, 0.25) is 0 Å². The zero-order chi connectivity index (χ0) is 21.1. The minimum atomic E-state index is -0.343. The van der Waals surface area contributed by atoms with Crippen molar-refractivity contribution in [2.45, 2.75) is 6.61 Å². The zero-order valence-corrected chi connectivity index (χ0v) is 17.5. The van der Waals surface area contributed by atoms with E-state index in [1.165, 1.54) is 18.2 Å². The van der Waals surface area contributed by atoms with Gasteiger partial charge in [0.2, 0.25) is 0 Å². The van der Waals surface area contributed by atoms with Crippen molar-refractivity contribution >= 4 is 15.9 Å². The van der Waals surface area contributed by atoms with Crippen LogP contribution in [0.4, 0.5) is 8.78 Å². The molecule has 0 radical (unpaired) electrons. The summed E-state index contributed by atoms with van der Waals surface area (Å²) < 4.78 is 39.0. The van der Waals surface area contributed by atoms with Crippen LogP contribution in [0, 0.1) is 11.6 Å². The Morgan fingerprint density at radius 1 is 0.933 bits per heavy atom. The van der Waals surface area contributed by atoms with E-state index in [0.717, 1.165) is 11.1 Å². The normalized spacial score (nSPS) is 10.8. The van der Waals surface area contributed by atoms with Crippen LogP contribution in [-0.2, 0) is 6.61 Å². The molecule has 0 saturated carbocycles. The lowest BCUT2D eigenvalue weighted by atomic mass is 10.1. The first-order valence-corrected chi connectivity index (χ1v) is 9.89. The maximum absolute atomic E-state index is 14.0. The number of halogens is 3. The number of rotatable bonds is 6. The summed E-state index contributed by atoms with van der Waals surface area (Å²) in [5, 5.41) is 0. The van der Waals surface area contributed by atoms with E-state index in [9.17, 15) is 8.78 Å². The van der Waals surface area contributed by atoms with Crippen molar-refractivity contribution < 1.29 is 18.3 Å². The molecule has 0 bridgehead atoms. The number of H-pyrrole nitrogens is 1. The number of benzene rings is 3. The fourth-order valence-electron chi connectivity index (χ4n) is 2.97. The van der Waals surface area contributed by atoms with Crippen LogP contribution in [-0.4, -0.2) is 17.1 Å². The molecule has 152 valence electrons. The molecule has 0 aliphatic carbocycles. The number of nitrogens with zero attached hydrogens (tertiary/aromatic N) is 1. The minimum Gasteiger partial charge on any atom is -0.493 e. The highest BCUT2D eigenvalue weighted by Gasteiger charge is 2.12. The van der Waals surface area contributed by atoms with Gasteiger partial charge in [0.05, 0.1) is 12.8 Å². The van der Waals surface area contributed by atoms with E-state index in [1.807, 2.05) is 6.07 Å². The van der Waals surface area contributed by atoms with Crippen LogP contribution in [0.25, 0.3) is 22.6 Å². The maximum atomic E-state index is 14.0. The van der Waals surface area contributed by atoms with Gasteiger partial charge in [-0.1, -0.05) is 22.0 Å². The van der Waals surface area contributed by atoms with Gasteiger partial charge in [-0.25, -0.2) is 13.8 Å². The predicted molar refractivity (Wildman–Crippen MR) is 114 cm³/mol. The first-order valence-electron chi connectivity index (χ1n) is 9.10. The van der Waals surface area contributed by atoms with E-state index < -0.39 is 0 Å². The van der Waals surface area contributed by atoms with E-state index in [2.05, 4.69) is 25.9 Å². The lowest BCUT2D eigenvalue weighted by Crippen LogP contribution is -2.00. The topological polar surface area (TPSA) is 47.1 Å². The molecular weight excluding hydrogens is 454 g/mol. The largest absolute Gasteiger partial charge is 0.493 e. The smallest absolute Gasteiger partial charge is 0.161 e. The van der Waals surface area contributed by atoms with Crippen LogP contribution >= 0.6 is 15.9 Å². The summed E-state index contributed by atoms with van der Waals surface area (Å²) >= 11 is 3.24. The molecule has 7 heteroatoms. The molecule has 4 nitrogen and oxygen atoms in total. The van der Waals surface area contributed by atoms with Crippen molar-refractivity contribution in [1.82, 2.24) is 9.97 Å². The van der Waals surface area contributed by atoms with Crippen molar-refractivity contribution in [2.24, 2.45) is 0 Å².